The lowest BCUT2D eigenvalue weighted by Gasteiger charge is -2.33. The van der Waals surface area contributed by atoms with E-state index in [-0.39, 0.29) is 16.0 Å². The van der Waals surface area contributed by atoms with Gasteiger partial charge in [-0.1, -0.05) is 20.8 Å². The zero-order valence-corrected chi connectivity index (χ0v) is 13.4. The van der Waals surface area contributed by atoms with Crippen LogP contribution in [0.1, 0.15) is 41.0 Å². The van der Waals surface area contributed by atoms with Gasteiger partial charge in [-0.15, -0.1) is 0 Å². The molecule has 0 heterocycles. The van der Waals surface area contributed by atoms with E-state index in [1.807, 2.05) is 20.8 Å². The van der Waals surface area contributed by atoms with Gasteiger partial charge in [-0.05, 0) is 43.9 Å². The molecule has 4 nitrogen and oxygen atoms in total. The largest absolute Gasteiger partial charge is 0.398 e. The first-order valence-corrected chi connectivity index (χ1v) is 7.90. The summed E-state index contributed by atoms with van der Waals surface area (Å²) in [7, 11) is -3.86. The quantitative estimate of drug-likeness (QED) is 0.840. The van der Waals surface area contributed by atoms with Crippen LogP contribution >= 0.6 is 0 Å². The van der Waals surface area contributed by atoms with E-state index in [2.05, 4.69) is 4.72 Å². The van der Waals surface area contributed by atoms with E-state index in [9.17, 15) is 12.8 Å². The summed E-state index contributed by atoms with van der Waals surface area (Å²) in [6.07, 6.45) is 0.633. The zero-order valence-electron chi connectivity index (χ0n) is 12.6. The number of anilines is 1. The van der Waals surface area contributed by atoms with Crippen molar-refractivity contribution in [1.29, 1.82) is 0 Å². The van der Waals surface area contributed by atoms with Crippen LogP contribution < -0.4 is 10.5 Å². The molecule has 0 saturated heterocycles. The summed E-state index contributed by atoms with van der Waals surface area (Å²) in [6, 6.07) is 3.32. The Hall–Kier alpha value is -1.14. The van der Waals surface area contributed by atoms with Crippen LogP contribution in [-0.2, 0) is 10.0 Å². The number of nitrogens with one attached hydrogen (secondary N) is 1. The predicted molar refractivity (Wildman–Crippen MR) is 79.3 cm³/mol. The van der Waals surface area contributed by atoms with Gasteiger partial charge in [0.2, 0.25) is 10.0 Å². The van der Waals surface area contributed by atoms with Crippen LogP contribution in [0, 0.1) is 11.2 Å². The topological polar surface area (TPSA) is 72.2 Å². The first-order valence-electron chi connectivity index (χ1n) is 6.41. The Morgan fingerprint density at radius 1 is 1.20 bits per heavy atom. The number of hydrogen-bond donors (Lipinski definition) is 2. The van der Waals surface area contributed by atoms with E-state index in [0.29, 0.717) is 6.42 Å². The number of sulfonamides is 1. The molecule has 0 aliphatic heterocycles. The van der Waals surface area contributed by atoms with Crippen molar-refractivity contribution in [3.63, 3.8) is 0 Å². The van der Waals surface area contributed by atoms with Crippen molar-refractivity contribution in [3.05, 3.63) is 24.0 Å². The maximum atomic E-state index is 13.2. The summed E-state index contributed by atoms with van der Waals surface area (Å²) in [4.78, 5) is -0.223. The lowest BCUT2D eigenvalue weighted by Crippen LogP contribution is -2.45. The third-order valence-corrected chi connectivity index (χ3v) is 4.40. The Kier molecular flexibility index (Phi) is 4.51. The molecule has 0 radical (unpaired) electrons. The third kappa shape index (κ3) is 4.76. The fraction of sp³-hybridized carbons (Fsp3) is 0.571. The summed E-state index contributed by atoms with van der Waals surface area (Å²) < 4.78 is 40.5. The number of hydrogen-bond acceptors (Lipinski definition) is 3. The van der Waals surface area contributed by atoms with Gasteiger partial charge in [0.25, 0.3) is 0 Å². The average molecular weight is 302 g/mol. The molecule has 114 valence electrons. The molecule has 3 N–H and O–H groups in total. The molecule has 1 aromatic rings. The lowest BCUT2D eigenvalue weighted by molar-refractivity contribution is 0.269. The van der Waals surface area contributed by atoms with E-state index in [0.717, 1.165) is 12.1 Å². The van der Waals surface area contributed by atoms with Gasteiger partial charge in [0.15, 0.2) is 0 Å². The first kappa shape index (κ1) is 16.9. The number of rotatable bonds is 4. The molecule has 0 atom stereocenters. The van der Waals surface area contributed by atoms with Crippen molar-refractivity contribution in [2.24, 2.45) is 5.41 Å². The number of benzene rings is 1. The van der Waals surface area contributed by atoms with E-state index in [1.54, 1.807) is 13.8 Å². The van der Waals surface area contributed by atoms with Gasteiger partial charge in [0, 0.05) is 5.54 Å². The second-order valence-corrected chi connectivity index (χ2v) is 8.56. The van der Waals surface area contributed by atoms with Gasteiger partial charge < -0.3 is 5.73 Å². The maximum absolute atomic E-state index is 13.2. The first-order chi connectivity index (χ1) is 8.82. The highest BCUT2D eigenvalue weighted by Gasteiger charge is 2.31. The second-order valence-electron chi connectivity index (χ2n) is 6.91. The summed E-state index contributed by atoms with van der Waals surface area (Å²) in [5.41, 5.74) is 4.97. The molecule has 1 rings (SSSR count). The highest BCUT2D eigenvalue weighted by atomic mass is 32.2. The van der Waals surface area contributed by atoms with Crippen LogP contribution in [0.4, 0.5) is 10.1 Å². The highest BCUT2D eigenvalue weighted by molar-refractivity contribution is 7.89. The van der Waals surface area contributed by atoms with Crippen molar-refractivity contribution in [2.75, 3.05) is 5.73 Å². The van der Waals surface area contributed by atoms with Crippen LogP contribution in [0.25, 0.3) is 0 Å². The van der Waals surface area contributed by atoms with Crippen molar-refractivity contribution >= 4 is 15.7 Å². The molecule has 0 amide bonds. The standard InChI is InChI=1S/C14H23FN2O2S/c1-13(2,3)9-14(4,5)17-20(18,19)12-8-10(15)6-7-11(12)16/h6-8,17H,9,16H2,1-5H3. The van der Waals surface area contributed by atoms with Gasteiger partial charge in [-0.2, -0.15) is 0 Å². The normalized spacial score (nSPS) is 13.5. The molecule has 0 fully saturated rings. The molecule has 0 aliphatic carbocycles. The van der Waals surface area contributed by atoms with Crippen molar-refractivity contribution in [1.82, 2.24) is 4.72 Å². The van der Waals surface area contributed by atoms with E-state index in [1.165, 1.54) is 6.07 Å². The number of nitrogen functional groups attached to an aromatic ring is 1. The Labute approximate surface area is 120 Å². The summed E-state index contributed by atoms with van der Waals surface area (Å²) in [6.45, 7) is 9.68. The third-order valence-electron chi connectivity index (χ3n) is 2.65. The Balaban J connectivity index is 3.09. The Morgan fingerprint density at radius 2 is 1.75 bits per heavy atom. The monoisotopic (exact) mass is 302 g/mol. The summed E-state index contributed by atoms with van der Waals surface area (Å²) in [5.74, 6) is -0.631. The van der Waals surface area contributed by atoms with E-state index >= 15 is 0 Å². The number of nitrogens with two attached hydrogens (primary N) is 1. The Bertz CT molecular complexity index is 590. The Morgan fingerprint density at radius 3 is 2.25 bits per heavy atom. The minimum absolute atomic E-state index is 0.0328. The zero-order chi connectivity index (χ0) is 15.8. The van der Waals surface area contributed by atoms with Gasteiger partial charge >= 0.3 is 0 Å². The van der Waals surface area contributed by atoms with E-state index < -0.39 is 21.4 Å². The fourth-order valence-corrected chi connectivity index (χ4v) is 4.08. The molecule has 1 aromatic carbocycles. The smallest absolute Gasteiger partial charge is 0.243 e. The number of halogens is 1. The average Bonchev–Trinajstić information content (AvgIpc) is 2.15. The SMILES string of the molecule is CC(C)(C)CC(C)(C)NS(=O)(=O)c1cc(F)ccc1N. The molecule has 0 bridgehead atoms. The van der Waals surface area contributed by atoms with Gasteiger partial charge in [-0.25, -0.2) is 17.5 Å². The van der Waals surface area contributed by atoms with Crippen LogP contribution in [0.2, 0.25) is 0 Å². The van der Waals surface area contributed by atoms with Crippen LogP contribution in [-0.4, -0.2) is 14.0 Å². The lowest BCUT2D eigenvalue weighted by atomic mass is 9.82. The molecule has 20 heavy (non-hydrogen) atoms. The predicted octanol–water partition coefficient (Wildman–Crippen LogP) is 2.90. The van der Waals surface area contributed by atoms with Gasteiger partial charge in [-0.3, -0.25) is 0 Å². The molecule has 0 saturated carbocycles. The van der Waals surface area contributed by atoms with Crippen LogP contribution in [0.3, 0.4) is 0 Å². The van der Waals surface area contributed by atoms with Crippen molar-refractivity contribution in [3.8, 4) is 0 Å². The fourth-order valence-electron chi connectivity index (χ4n) is 2.52. The van der Waals surface area contributed by atoms with Crippen LogP contribution in [0.15, 0.2) is 23.1 Å². The van der Waals surface area contributed by atoms with Gasteiger partial charge in [0.05, 0.1) is 5.69 Å². The molecule has 0 unspecified atom stereocenters. The van der Waals surface area contributed by atoms with Gasteiger partial charge in [0.1, 0.15) is 10.7 Å². The molecular formula is C14H23FN2O2S. The van der Waals surface area contributed by atoms with E-state index in [4.69, 9.17) is 5.73 Å². The second kappa shape index (κ2) is 5.33. The van der Waals surface area contributed by atoms with Crippen molar-refractivity contribution in [2.45, 2.75) is 51.5 Å². The molecule has 0 spiro atoms. The van der Waals surface area contributed by atoms with Crippen molar-refractivity contribution < 1.29 is 12.8 Å². The molecular weight excluding hydrogens is 279 g/mol. The molecule has 0 aromatic heterocycles. The molecule has 0 aliphatic rings. The van der Waals surface area contributed by atoms with Crippen LogP contribution in [0.5, 0.6) is 0 Å². The highest BCUT2D eigenvalue weighted by Crippen LogP contribution is 2.29. The maximum Gasteiger partial charge on any atom is 0.243 e. The summed E-state index contributed by atoms with van der Waals surface area (Å²) >= 11 is 0. The molecule has 6 heteroatoms. The summed E-state index contributed by atoms with van der Waals surface area (Å²) in [5, 5.41) is 0. The minimum Gasteiger partial charge on any atom is -0.398 e. The minimum atomic E-state index is -3.86.